The summed E-state index contributed by atoms with van der Waals surface area (Å²) in [6, 6.07) is 8.04. The first-order chi connectivity index (χ1) is 7.83. The van der Waals surface area contributed by atoms with E-state index in [2.05, 4.69) is 17.2 Å². The maximum absolute atomic E-state index is 5.94. The number of nitrogens with two attached hydrogens (primary N) is 1. The smallest absolute Gasteiger partial charge is 0.0743 e. The number of aromatic nitrogens is 1. The van der Waals surface area contributed by atoms with Crippen molar-refractivity contribution in [2.75, 3.05) is 17.6 Å². The normalized spacial score (nSPS) is 10.6. The SMILES string of the molecule is CCCCNc1c(N)cnc2ccccc12. The lowest BCUT2D eigenvalue weighted by molar-refractivity contribution is 0.835. The van der Waals surface area contributed by atoms with E-state index in [1.54, 1.807) is 6.20 Å². The molecule has 0 atom stereocenters. The molecule has 0 aliphatic heterocycles. The van der Waals surface area contributed by atoms with Crippen LogP contribution in [0.15, 0.2) is 30.5 Å². The molecular formula is C13H17N3. The van der Waals surface area contributed by atoms with E-state index in [1.165, 1.54) is 6.42 Å². The van der Waals surface area contributed by atoms with Gasteiger partial charge in [-0.3, -0.25) is 4.98 Å². The lowest BCUT2D eigenvalue weighted by atomic mass is 10.1. The molecule has 84 valence electrons. The van der Waals surface area contributed by atoms with Gasteiger partial charge in [0.1, 0.15) is 0 Å². The van der Waals surface area contributed by atoms with Crippen molar-refractivity contribution in [3.8, 4) is 0 Å². The molecule has 0 radical (unpaired) electrons. The summed E-state index contributed by atoms with van der Waals surface area (Å²) in [6.45, 7) is 3.13. The van der Waals surface area contributed by atoms with Crippen LogP contribution in [0.4, 0.5) is 11.4 Å². The molecule has 0 amide bonds. The summed E-state index contributed by atoms with van der Waals surface area (Å²) < 4.78 is 0. The van der Waals surface area contributed by atoms with Crippen molar-refractivity contribution in [3.05, 3.63) is 30.5 Å². The summed E-state index contributed by atoms with van der Waals surface area (Å²) in [5.41, 5.74) is 8.66. The third-order valence-electron chi connectivity index (χ3n) is 2.64. The van der Waals surface area contributed by atoms with Gasteiger partial charge >= 0.3 is 0 Å². The van der Waals surface area contributed by atoms with Crippen molar-refractivity contribution >= 4 is 22.3 Å². The Morgan fingerprint density at radius 3 is 2.94 bits per heavy atom. The monoisotopic (exact) mass is 215 g/mol. The van der Waals surface area contributed by atoms with Crippen LogP contribution in [-0.2, 0) is 0 Å². The summed E-state index contributed by atoms with van der Waals surface area (Å²) in [6.07, 6.45) is 4.04. The number of nitrogen functional groups attached to an aromatic ring is 1. The summed E-state index contributed by atoms with van der Waals surface area (Å²) in [4.78, 5) is 4.30. The number of pyridine rings is 1. The molecule has 0 fully saturated rings. The van der Waals surface area contributed by atoms with Crippen molar-refractivity contribution < 1.29 is 0 Å². The zero-order valence-corrected chi connectivity index (χ0v) is 9.53. The molecule has 0 aliphatic rings. The molecule has 3 nitrogen and oxygen atoms in total. The van der Waals surface area contributed by atoms with E-state index in [0.717, 1.165) is 35.2 Å². The number of nitrogens with zero attached hydrogens (tertiary/aromatic N) is 1. The fourth-order valence-electron chi connectivity index (χ4n) is 1.74. The van der Waals surface area contributed by atoms with E-state index in [0.29, 0.717) is 0 Å². The number of rotatable bonds is 4. The summed E-state index contributed by atoms with van der Waals surface area (Å²) in [5.74, 6) is 0. The quantitative estimate of drug-likeness (QED) is 0.771. The van der Waals surface area contributed by atoms with Crippen LogP contribution in [0.5, 0.6) is 0 Å². The molecule has 1 aromatic carbocycles. The van der Waals surface area contributed by atoms with Crippen LogP contribution in [0, 0.1) is 0 Å². The molecule has 0 bridgehead atoms. The van der Waals surface area contributed by atoms with E-state index in [-0.39, 0.29) is 0 Å². The number of fused-ring (bicyclic) bond motifs is 1. The van der Waals surface area contributed by atoms with Gasteiger partial charge in [0.05, 0.1) is 23.1 Å². The average molecular weight is 215 g/mol. The number of unbranched alkanes of at least 4 members (excludes halogenated alkanes) is 1. The topological polar surface area (TPSA) is 50.9 Å². The average Bonchev–Trinajstić information content (AvgIpc) is 2.32. The molecule has 0 aliphatic carbocycles. The van der Waals surface area contributed by atoms with E-state index < -0.39 is 0 Å². The van der Waals surface area contributed by atoms with E-state index in [9.17, 15) is 0 Å². The molecule has 0 unspecified atom stereocenters. The van der Waals surface area contributed by atoms with Crippen molar-refractivity contribution in [1.29, 1.82) is 0 Å². The highest BCUT2D eigenvalue weighted by Gasteiger charge is 2.04. The molecule has 2 rings (SSSR count). The van der Waals surface area contributed by atoms with Crippen LogP contribution >= 0.6 is 0 Å². The van der Waals surface area contributed by atoms with Gasteiger partial charge in [-0.15, -0.1) is 0 Å². The summed E-state index contributed by atoms with van der Waals surface area (Å²) in [7, 11) is 0. The van der Waals surface area contributed by atoms with Gasteiger partial charge in [0.25, 0.3) is 0 Å². The Morgan fingerprint density at radius 2 is 2.12 bits per heavy atom. The Bertz CT molecular complexity index is 480. The molecule has 3 heteroatoms. The maximum atomic E-state index is 5.94. The third-order valence-corrected chi connectivity index (χ3v) is 2.64. The largest absolute Gasteiger partial charge is 0.396 e. The van der Waals surface area contributed by atoms with Gasteiger partial charge in [-0.1, -0.05) is 31.5 Å². The number of benzene rings is 1. The minimum atomic E-state index is 0.717. The Hall–Kier alpha value is -1.77. The highest BCUT2D eigenvalue weighted by atomic mass is 14.9. The second-order valence-electron chi connectivity index (χ2n) is 3.89. The van der Waals surface area contributed by atoms with E-state index in [1.807, 2.05) is 24.3 Å². The van der Waals surface area contributed by atoms with Crippen molar-refractivity contribution in [3.63, 3.8) is 0 Å². The molecule has 0 saturated heterocycles. The Kier molecular flexibility index (Phi) is 3.25. The van der Waals surface area contributed by atoms with E-state index in [4.69, 9.17) is 5.73 Å². The highest BCUT2D eigenvalue weighted by molar-refractivity contribution is 5.96. The third kappa shape index (κ3) is 2.08. The van der Waals surface area contributed by atoms with Crippen LogP contribution in [0.25, 0.3) is 10.9 Å². The number of hydrogen-bond donors (Lipinski definition) is 2. The molecule has 2 aromatic rings. The molecule has 3 N–H and O–H groups in total. The number of anilines is 2. The summed E-state index contributed by atoms with van der Waals surface area (Å²) in [5, 5.41) is 4.49. The fourth-order valence-corrected chi connectivity index (χ4v) is 1.74. The first-order valence-electron chi connectivity index (χ1n) is 5.70. The molecule has 0 spiro atoms. The van der Waals surface area contributed by atoms with Crippen LogP contribution in [0.1, 0.15) is 19.8 Å². The second-order valence-corrected chi connectivity index (χ2v) is 3.89. The fraction of sp³-hybridized carbons (Fsp3) is 0.308. The standard InChI is InChI=1S/C13H17N3/c1-2-3-8-15-13-10-6-4-5-7-12(10)16-9-11(13)14/h4-7,9H,2-3,8,14H2,1H3,(H,15,16). The van der Waals surface area contributed by atoms with Gasteiger partial charge < -0.3 is 11.1 Å². The zero-order valence-electron chi connectivity index (χ0n) is 9.53. The minimum Gasteiger partial charge on any atom is -0.396 e. The van der Waals surface area contributed by atoms with Crippen LogP contribution in [0.3, 0.4) is 0 Å². The van der Waals surface area contributed by atoms with Gasteiger partial charge in [-0.05, 0) is 12.5 Å². The molecule has 16 heavy (non-hydrogen) atoms. The number of para-hydroxylation sites is 1. The Balaban J connectivity index is 2.37. The van der Waals surface area contributed by atoms with Gasteiger partial charge in [0.15, 0.2) is 0 Å². The van der Waals surface area contributed by atoms with Crippen LogP contribution in [-0.4, -0.2) is 11.5 Å². The summed E-state index contributed by atoms with van der Waals surface area (Å²) >= 11 is 0. The zero-order chi connectivity index (χ0) is 11.4. The lowest BCUT2D eigenvalue weighted by Gasteiger charge is -2.11. The van der Waals surface area contributed by atoms with Crippen molar-refractivity contribution in [1.82, 2.24) is 4.98 Å². The Labute approximate surface area is 95.7 Å². The van der Waals surface area contributed by atoms with Gasteiger partial charge in [-0.25, -0.2) is 0 Å². The predicted octanol–water partition coefficient (Wildman–Crippen LogP) is 3.03. The molecule has 0 saturated carbocycles. The first-order valence-corrected chi connectivity index (χ1v) is 5.70. The molecule has 1 aromatic heterocycles. The van der Waals surface area contributed by atoms with Crippen molar-refractivity contribution in [2.24, 2.45) is 0 Å². The lowest BCUT2D eigenvalue weighted by Crippen LogP contribution is -2.05. The van der Waals surface area contributed by atoms with Crippen LogP contribution < -0.4 is 11.1 Å². The molecule has 1 heterocycles. The van der Waals surface area contributed by atoms with Crippen molar-refractivity contribution in [2.45, 2.75) is 19.8 Å². The second kappa shape index (κ2) is 4.84. The number of hydrogen-bond acceptors (Lipinski definition) is 3. The number of nitrogens with one attached hydrogen (secondary N) is 1. The Morgan fingerprint density at radius 1 is 1.31 bits per heavy atom. The van der Waals surface area contributed by atoms with Gasteiger partial charge in [0.2, 0.25) is 0 Å². The molecular weight excluding hydrogens is 198 g/mol. The van der Waals surface area contributed by atoms with Gasteiger partial charge in [-0.2, -0.15) is 0 Å². The maximum Gasteiger partial charge on any atom is 0.0743 e. The highest BCUT2D eigenvalue weighted by Crippen LogP contribution is 2.27. The van der Waals surface area contributed by atoms with Gasteiger partial charge in [0, 0.05) is 11.9 Å². The predicted molar refractivity (Wildman–Crippen MR) is 69.6 cm³/mol. The van der Waals surface area contributed by atoms with Crippen LogP contribution in [0.2, 0.25) is 0 Å². The van der Waals surface area contributed by atoms with E-state index >= 15 is 0 Å². The minimum absolute atomic E-state index is 0.717. The first kappa shape index (κ1) is 10.7.